The molecular formula is C10H12N4O2. The van der Waals surface area contributed by atoms with Gasteiger partial charge in [0.25, 0.3) is 0 Å². The van der Waals surface area contributed by atoms with Gasteiger partial charge in [-0.2, -0.15) is 4.98 Å². The fourth-order valence-electron chi connectivity index (χ4n) is 1.18. The van der Waals surface area contributed by atoms with Crippen LogP contribution < -0.4 is 5.73 Å². The SMILES string of the molecule is C[C@@H](O)[C@H](N)c1nc(-c2ccccn2)no1. The van der Waals surface area contributed by atoms with Crippen molar-refractivity contribution in [3.63, 3.8) is 0 Å². The van der Waals surface area contributed by atoms with E-state index in [1.807, 2.05) is 6.07 Å². The summed E-state index contributed by atoms with van der Waals surface area (Å²) in [7, 11) is 0. The summed E-state index contributed by atoms with van der Waals surface area (Å²) in [5.74, 6) is 0.572. The molecule has 0 aliphatic carbocycles. The highest BCUT2D eigenvalue weighted by atomic mass is 16.5. The number of aliphatic hydroxyl groups excluding tert-OH is 1. The first-order chi connectivity index (χ1) is 7.68. The lowest BCUT2D eigenvalue weighted by Gasteiger charge is -2.08. The molecule has 0 amide bonds. The van der Waals surface area contributed by atoms with Crippen LogP contribution in [0.3, 0.4) is 0 Å². The molecule has 6 nitrogen and oxygen atoms in total. The Kier molecular flexibility index (Phi) is 2.93. The minimum atomic E-state index is -0.739. The smallest absolute Gasteiger partial charge is 0.246 e. The monoisotopic (exact) mass is 220 g/mol. The Morgan fingerprint density at radius 3 is 2.88 bits per heavy atom. The van der Waals surface area contributed by atoms with Crippen LogP contribution in [0.2, 0.25) is 0 Å². The molecule has 0 fully saturated rings. The van der Waals surface area contributed by atoms with Crippen LogP contribution in [0.5, 0.6) is 0 Å². The van der Waals surface area contributed by atoms with Gasteiger partial charge in [0, 0.05) is 6.20 Å². The maximum absolute atomic E-state index is 9.29. The molecule has 0 unspecified atom stereocenters. The van der Waals surface area contributed by atoms with E-state index in [9.17, 15) is 5.11 Å². The maximum Gasteiger partial charge on any atom is 0.246 e. The fourth-order valence-corrected chi connectivity index (χ4v) is 1.18. The molecule has 2 rings (SSSR count). The molecule has 2 heterocycles. The quantitative estimate of drug-likeness (QED) is 0.782. The van der Waals surface area contributed by atoms with Gasteiger partial charge < -0.3 is 15.4 Å². The summed E-state index contributed by atoms with van der Waals surface area (Å²) in [6, 6.07) is 4.71. The van der Waals surface area contributed by atoms with Crippen LogP contribution in [0.1, 0.15) is 18.9 Å². The summed E-state index contributed by atoms with van der Waals surface area (Å²) in [5, 5.41) is 13.0. The van der Waals surface area contributed by atoms with Crippen LogP contribution >= 0.6 is 0 Å². The topological polar surface area (TPSA) is 98.1 Å². The zero-order valence-electron chi connectivity index (χ0n) is 8.74. The van der Waals surface area contributed by atoms with E-state index in [1.54, 1.807) is 25.3 Å². The lowest BCUT2D eigenvalue weighted by atomic mass is 10.2. The van der Waals surface area contributed by atoms with Gasteiger partial charge in [-0.1, -0.05) is 11.2 Å². The van der Waals surface area contributed by atoms with E-state index < -0.39 is 12.1 Å². The normalized spacial score (nSPS) is 14.7. The molecular weight excluding hydrogens is 208 g/mol. The van der Waals surface area contributed by atoms with E-state index in [1.165, 1.54) is 0 Å². The van der Waals surface area contributed by atoms with Gasteiger partial charge in [-0.25, -0.2) is 0 Å². The number of aromatic nitrogens is 3. The molecule has 0 radical (unpaired) electrons. The Bertz CT molecular complexity index is 455. The van der Waals surface area contributed by atoms with Gasteiger partial charge in [-0.05, 0) is 19.1 Å². The number of rotatable bonds is 3. The van der Waals surface area contributed by atoms with Crippen molar-refractivity contribution in [2.45, 2.75) is 19.1 Å². The van der Waals surface area contributed by atoms with Crippen molar-refractivity contribution >= 4 is 0 Å². The molecule has 6 heteroatoms. The van der Waals surface area contributed by atoms with E-state index in [4.69, 9.17) is 10.3 Å². The number of nitrogens with zero attached hydrogens (tertiary/aromatic N) is 3. The number of pyridine rings is 1. The Morgan fingerprint density at radius 2 is 2.25 bits per heavy atom. The average molecular weight is 220 g/mol. The van der Waals surface area contributed by atoms with Crippen molar-refractivity contribution in [2.24, 2.45) is 5.73 Å². The molecule has 0 bridgehead atoms. The first-order valence-electron chi connectivity index (χ1n) is 4.87. The Hall–Kier alpha value is -1.79. The minimum absolute atomic E-state index is 0.204. The molecule has 0 saturated heterocycles. The number of hydrogen-bond donors (Lipinski definition) is 2. The van der Waals surface area contributed by atoms with Gasteiger partial charge in [0.2, 0.25) is 11.7 Å². The molecule has 84 valence electrons. The summed E-state index contributed by atoms with van der Waals surface area (Å²) in [4.78, 5) is 8.15. The van der Waals surface area contributed by atoms with E-state index in [-0.39, 0.29) is 5.89 Å². The van der Waals surface area contributed by atoms with Crippen molar-refractivity contribution in [1.29, 1.82) is 0 Å². The molecule has 0 aliphatic rings. The molecule has 0 saturated carbocycles. The van der Waals surface area contributed by atoms with Crippen LogP contribution in [0.15, 0.2) is 28.9 Å². The van der Waals surface area contributed by atoms with E-state index in [0.29, 0.717) is 11.5 Å². The van der Waals surface area contributed by atoms with Gasteiger partial charge in [0.1, 0.15) is 11.7 Å². The van der Waals surface area contributed by atoms with Gasteiger partial charge in [-0.3, -0.25) is 4.98 Å². The Balaban J connectivity index is 2.27. The van der Waals surface area contributed by atoms with E-state index in [0.717, 1.165) is 0 Å². The minimum Gasteiger partial charge on any atom is -0.391 e. The van der Waals surface area contributed by atoms with Gasteiger partial charge in [0.15, 0.2) is 0 Å². The van der Waals surface area contributed by atoms with Crippen LogP contribution in [0.25, 0.3) is 11.5 Å². The summed E-state index contributed by atoms with van der Waals surface area (Å²) in [6.45, 7) is 1.56. The van der Waals surface area contributed by atoms with E-state index in [2.05, 4.69) is 15.1 Å². The number of nitrogens with two attached hydrogens (primary N) is 1. The molecule has 0 spiro atoms. The van der Waals surface area contributed by atoms with Gasteiger partial charge in [-0.15, -0.1) is 0 Å². The molecule has 2 atom stereocenters. The fraction of sp³-hybridized carbons (Fsp3) is 0.300. The van der Waals surface area contributed by atoms with E-state index >= 15 is 0 Å². The molecule has 16 heavy (non-hydrogen) atoms. The standard InChI is InChI=1S/C10H12N4O2/c1-6(15)8(11)10-13-9(14-16-10)7-4-2-3-5-12-7/h2-6,8,15H,11H2,1H3/t6-,8+/m1/s1. The van der Waals surface area contributed by atoms with Crippen molar-refractivity contribution in [1.82, 2.24) is 15.1 Å². The zero-order chi connectivity index (χ0) is 11.5. The average Bonchev–Trinajstić information content (AvgIpc) is 2.78. The number of aliphatic hydroxyl groups is 1. The van der Waals surface area contributed by atoms with Crippen molar-refractivity contribution < 1.29 is 9.63 Å². The number of hydrogen-bond acceptors (Lipinski definition) is 6. The van der Waals surface area contributed by atoms with Gasteiger partial charge >= 0.3 is 0 Å². The van der Waals surface area contributed by atoms with Crippen molar-refractivity contribution in [3.8, 4) is 11.5 Å². The van der Waals surface area contributed by atoms with Gasteiger partial charge in [0.05, 0.1) is 6.10 Å². The Labute approximate surface area is 92.1 Å². The molecule has 0 aromatic carbocycles. The van der Waals surface area contributed by atoms with Crippen LogP contribution in [0, 0.1) is 0 Å². The molecule has 0 aliphatic heterocycles. The third-order valence-corrected chi connectivity index (χ3v) is 2.14. The summed E-state index contributed by atoms with van der Waals surface area (Å²) in [5.41, 5.74) is 6.27. The molecule has 2 aromatic heterocycles. The third kappa shape index (κ3) is 2.07. The maximum atomic E-state index is 9.29. The van der Waals surface area contributed by atoms with Crippen molar-refractivity contribution in [2.75, 3.05) is 0 Å². The van der Waals surface area contributed by atoms with Crippen LogP contribution in [0.4, 0.5) is 0 Å². The first kappa shape index (κ1) is 10.7. The third-order valence-electron chi connectivity index (χ3n) is 2.14. The highest BCUT2D eigenvalue weighted by Gasteiger charge is 2.20. The summed E-state index contributed by atoms with van der Waals surface area (Å²) in [6.07, 6.45) is 0.900. The second-order valence-corrected chi connectivity index (χ2v) is 3.44. The highest BCUT2D eigenvalue weighted by molar-refractivity contribution is 5.47. The molecule has 3 N–H and O–H groups in total. The lowest BCUT2D eigenvalue weighted by molar-refractivity contribution is 0.146. The summed E-state index contributed by atoms with van der Waals surface area (Å²) >= 11 is 0. The van der Waals surface area contributed by atoms with Crippen LogP contribution in [-0.2, 0) is 0 Å². The predicted molar refractivity (Wildman–Crippen MR) is 56.1 cm³/mol. The second-order valence-electron chi connectivity index (χ2n) is 3.44. The lowest BCUT2D eigenvalue weighted by Crippen LogP contribution is -2.23. The largest absolute Gasteiger partial charge is 0.391 e. The summed E-state index contributed by atoms with van der Waals surface area (Å²) < 4.78 is 4.96. The highest BCUT2D eigenvalue weighted by Crippen LogP contribution is 2.16. The predicted octanol–water partition coefficient (Wildman–Crippen LogP) is 0.512. The Morgan fingerprint density at radius 1 is 1.44 bits per heavy atom. The zero-order valence-corrected chi connectivity index (χ0v) is 8.74. The van der Waals surface area contributed by atoms with Crippen LogP contribution in [-0.4, -0.2) is 26.3 Å². The molecule has 2 aromatic rings. The second kappa shape index (κ2) is 4.38. The van der Waals surface area contributed by atoms with Crippen molar-refractivity contribution in [3.05, 3.63) is 30.3 Å². The first-order valence-corrected chi connectivity index (χ1v) is 4.87.